The number of nitrogens with one attached hydrogen (secondary N) is 1. The fraction of sp³-hybridized carbons (Fsp3) is 0.750. The summed E-state index contributed by atoms with van der Waals surface area (Å²) in [5, 5.41) is 12.5. The lowest BCUT2D eigenvalue weighted by atomic mass is 9.70. The van der Waals surface area contributed by atoms with E-state index in [2.05, 4.69) is 31.8 Å². The predicted molar refractivity (Wildman–Crippen MR) is 58.8 cm³/mol. The van der Waals surface area contributed by atoms with E-state index in [9.17, 15) is 5.26 Å². The molecule has 0 bridgehead atoms. The fourth-order valence-corrected chi connectivity index (χ4v) is 1.95. The zero-order chi connectivity index (χ0) is 10.7. The lowest BCUT2D eigenvalue weighted by Crippen LogP contribution is -2.48. The first kappa shape index (κ1) is 11.3. The van der Waals surface area contributed by atoms with Gasteiger partial charge in [0.15, 0.2) is 0 Å². The molecular weight excluding hydrogens is 172 g/mol. The van der Waals surface area contributed by atoms with Gasteiger partial charge in [-0.05, 0) is 31.1 Å². The highest BCUT2D eigenvalue weighted by molar-refractivity contribution is 5.10. The largest absolute Gasteiger partial charge is 0.296 e. The highest BCUT2D eigenvalue weighted by Crippen LogP contribution is 2.39. The van der Waals surface area contributed by atoms with Crippen LogP contribution in [0.4, 0.5) is 0 Å². The summed E-state index contributed by atoms with van der Waals surface area (Å²) >= 11 is 0. The Balaban J connectivity index is 2.58. The second-order valence-corrected chi connectivity index (χ2v) is 5.03. The van der Waals surface area contributed by atoms with Crippen LogP contribution < -0.4 is 5.32 Å². The van der Waals surface area contributed by atoms with Gasteiger partial charge in [-0.3, -0.25) is 5.32 Å². The Bertz CT molecular complexity index is 238. The van der Waals surface area contributed by atoms with Gasteiger partial charge in [0, 0.05) is 6.54 Å². The molecule has 0 heterocycles. The molecule has 1 aliphatic rings. The third-order valence-electron chi connectivity index (χ3n) is 3.26. The molecule has 78 valence electrons. The van der Waals surface area contributed by atoms with E-state index < -0.39 is 0 Å². The van der Waals surface area contributed by atoms with Crippen LogP contribution in [0.2, 0.25) is 0 Å². The van der Waals surface area contributed by atoms with E-state index in [4.69, 9.17) is 0 Å². The molecule has 1 N–H and O–H groups in total. The van der Waals surface area contributed by atoms with Crippen molar-refractivity contribution in [3.8, 4) is 6.07 Å². The molecule has 0 aromatic carbocycles. The number of hydrogen-bond donors (Lipinski definition) is 1. The standard InChI is InChI=1S/C12H20N2/c1-4-9-14-12(10-13)7-5-11(2,3)6-8-12/h4,14H,1,5-9H2,2-3H3. The average molecular weight is 192 g/mol. The summed E-state index contributed by atoms with van der Waals surface area (Å²) in [6, 6.07) is 2.43. The molecule has 0 atom stereocenters. The third-order valence-corrected chi connectivity index (χ3v) is 3.26. The minimum atomic E-state index is -0.288. The first-order chi connectivity index (χ1) is 6.54. The number of nitrogens with zero attached hydrogens (tertiary/aromatic N) is 1. The lowest BCUT2D eigenvalue weighted by molar-refractivity contribution is 0.174. The molecule has 2 heteroatoms. The van der Waals surface area contributed by atoms with Crippen LogP contribution in [-0.4, -0.2) is 12.1 Å². The van der Waals surface area contributed by atoms with Crippen LogP contribution in [0.5, 0.6) is 0 Å². The Kier molecular flexibility index (Phi) is 3.34. The van der Waals surface area contributed by atoms with Gasteiger partial charge in [0.1, 0.15) is 5.54 Å². The molecule has 0 amide bonds. The maximum atomic E-state index is 9.19. The van der Waals surface area contributed by atoms with Crippen molar-refractivity contribution in [1.82, 2.24) is 5.32 Å². The van der Waals surface area contributed by atoms with Gasteiger partial charge in [-0.1, -0.05) is 19.9 Å². The molecular formula is C12H20N2. The summed E-state index contributed by atoms with van der Waals surface area (Å²) in [7, 11) is 0. The summed E-state index contributed by atoms with van der Waals surface area (Å²) in [5.41, 5.74) is 0.125. The first-order valence-corrected chi connectivity index (χ1v) is 5.31. The van der Waals surface area contributed by atoms with Crippen LogP contribution in [0.15, 0.2) is 12.7 Å². The molecule has 2 nitrogen and oxygen atoms in total. The Morgan fingerprint density at radius 2 is 1.93 bits per heavy atom. The van der Waals surface area contributed by atoms with Crippen LogP contribution in [0, 0.1) is 16.7 Å². The van der Waals surface area contributed by atoms with Gasteiger partial charge in [0.05, 0.1) is 6.07 Å². The van der Waals surface area contributed by atoms with Crippen LogP contribution in [0.3, 0.4) is 0 Å². The van der Waals surface area contributed by atoms with Gasteiger partial charge in [-0.2, -0.15) is 5.26 Å². The van der Waals surface area contributed by atoms with Crippen LogP contribution in [0.1, 0.15) is 39.5 Å². The monoisotopic (exact) mass is 192 g/mol. The Hall–Kier alpha value is -0.810. The predicted octanol–water partition coefficient (Wildman–Crippen LogP) is 2.62. The highest BCUT2D eigenvalue weighted by Gasteiger charge is 2.37. The summed E-state index contributed by atoms with van der Waals surface area (Å²) in [5.74, 6) is 0. The fourth-order valence-electron chi connectivity index (χ4n) is 1.95. The molecule has 0 aromatic heterocycles. The van der Waals surface area contributed by atoms with Crippen molar-refractivity contribution in [3.63, 3.8) is 0 Å². The summed E-state index contributed by atoms with van der Waals surface area (Å²) in [6.45, 7) is 8.96. The third kappa shape index (κ3) is 2.59. The van der Waals surface area contributed by atoms with Gasteiger partial charge in [-0.25, -0.2) is 0 Å². The maximum absolute atomic E-state index is 9.19. The summed E-state index contributed by atoms with van der Waals surface area (Å²) < 4.78 is 0. The van der Waals surface area contributed by atoms with Gasteiger partial charge in [0.25, 0.3) is 0 Å². The highest BCUT2D eigenvalue weighted by atomic mass is 15.0. The summed E-state index contributed by atoms with van der Waals surface area (Å²) in [4.78, 5) is 0. The smallest absolute Gasteiger partial charge is 0.107 e. The molecule has 0 spiro atoms. The molecule has 14 heavy (non-hydrogen) atoms. The van der Waals surface area contributed by atoms with Gasteiger partial charge in [-0.15, -0.1) is 6.58 Å². The molecule has 1 rings (SSSR count). The van der Waals surface area contributed by atoms with Crippen molar-refractivity contribution in [2.45, 2.75) is 45.1 Å². The maximum Gasteiger partial charge on any atom is 0.107 e. The number of nitriles is 1. The minimum absolute atomic E-state index is 0.288. The van der Waals surface area contributed by atoms with Crippen molar-refractivity contribution in [1.29, 1.82) is 5.26 Å². The van der Waals surface area contributed by atoms with Crippen molar-refractivity contribution in [3.05, 3.63) is 12.7 Å². The van der Waals surface area contributed by atoms with E-state index in [-0.39, 0.29) is 5.54 Å². The van der Waals surface area contributed by atoms with E-state index in [1.165, 1.54) is 0 Å². The van der Waals surface area contributed by atoms with Crippen molar-refractivity contribution < 1.29 is 0 Å². The SMILES string of the molecule is C=CCNC1(C#N)CCC(C)(C)CC1. The van der Waals surface area contributed by atoms with Crippen molar-refractivity contribution >= 4 is 0 Å². The average Bonchev–Trinajstić information content (AvgIpc) is 2.18. The van der Waals surface area contributed by atoms with E-state index >= 15 is 0 Å². The van der Waals surface area contributed by atoms with Gasteiger partial charge < -0.3 is 0 Å². The Morgan fingerprint density at radius 1 is 1.36 bits per heavy atom. The van der Waals surface area contributed by atoms with Gasteiger partial charge >= 0.3 is 0 Å². The van der Waals surface area contributed by atoms with Crippen molar-refractivity contribution in [2.24, 2.45) is 5.41 Å². The van der Waals surface area contributed by atoms with Crippen LogP contribution in [-0.2, 0) is 0 Å². The second kappa shape index (κ2) is 4.14. The quantitative estimate of drug-likeness (QED) is 0.698. The lowest BCUT2D eigenvalue weighted by Gasteiger charge is -2.39. The van der Waals surface area contributed by atoms with E-state index in [0.29, 0.717) is 5.41 Å². The summed E-state index contributed by atoms with van der Waals surface area (Å²) in [6.07, 6.45) is 6.00. The second-order valence-electron chi connectivity index (χ2n) is 5.03. The molecule has 1 fully saturated rings. The zero-order valence-electron chi connectivity index (χ0n) is 9.27. The minimum Gasteiger partial charge on any atom is -0.296 e. The van der Waals surface area contributed by atoms with E-state index in [0.717, 1.165) is 32.2 Å². The van der Waals surface area contributed by atoms with E-state index in [1.54, 1.807) is 0 Å². The molecule has 1 aliphatic carbocycles. The molecule has 0 aliphatic heterocycles. The number of hydrogen-bond acceptors (Lipinski definition) is 2. The Morgan fingerprint density at radius 3 is 2.36 bits per heavy atom. The molecule has 0 saturated heterocycles. The molecule has 1 saturated carbocycles. The van der Waals surface area contributed by atoms with E-state index in [1.807, 2.05) is 6.08 Å². The van der Waals surface area contributed by atoms with Crippen LogP contribution in [0.25, 0.3) is 0 Å². The zero-order valence-corrected chi connectivity index (χ0v) is 9.27. The van der Waals surface area contributed by atoms with Crippen LogP contribution >= 0.6 is 0 Å². The Labute approximate surface area is 87.0 Å². The molecule has 0 radical (unpaired) electrons. The molecule has 0 aromatic rings. The molecule has 0 unspecified atom stereocenters. The van der Waals surface area contributed by atoms with Crippen molar-refractivity contribution in [2.75, 3.05) is 6.54 Å². The first-order valence-electron chi connectivity index (χ1n) is 5.31. The normalized spacial score (nSPS) is 23.8. The number of rotatable bonds is 3. The van der Waals surface area contributed by atoms with Gasteiger partial charge in [0.2, 0.25) is 0 Å². The topological polar surface area (TPSA) is 35.8 Å².